The molecule has 0 saturated heterocycles. The average molecular weight is 410 g/mol. The number of hydrogen-bond acceptors (Lipinski definition) is 7. The van der Waals surface area contributed by atoms with E-state index in [1.54, 1.807) is 6.92 Å². The molecule has 1 aliphatic rings. The van der Waals surface area contributed by atoms with E-state index in [-0.39, 0.29) is 37.2 Å². The first-order chi connectivity index (χ1) is 13.0. The molecule has 9 heteroatoms. The summed E-state index contributed by atoms with van der Waals surface area (Å²) < 4.78 is 5.11. The summed E-state index contributed by atoms with van der Waals surface area (Å²) in [6.45, 7) is 5.50. The lowest BCUT2D eigenvalue weighted by Crippen LogP contribution is -2.51. The number of amides is 2. The van der Waals surface area contributed by atoms with Gasteiger partial charge in [-0.25, -0.2) is 4.79 Å². The molecule has 0 fully saturated rings. The molecule has 2 rings (SSSR count). The molecule has 0 aromatic carbocycles. The van der Waals surface area contributed by atoms with Gasteiger partial charge in [0.1, 0.15) is 17.7 Å². The highest BCUT2D eigenvalue weighted by atomic mass is 32.2. The number of thioether (sulfide) groups is 1. The van der Waals surface area contributed by atoms with Crippen LogP contribution >= 0.6 is 23.1 Å². The number of nitrogens with one attached hydrogen (secondary N) is 1. The monoisotopic (exact) mass is 409 g/mol. The number of thiophene rings is 1. The van der Waals surface area contributed by atoms with Crippen molar-refractivity contribution in [3.63, 3.8) is 0 Å². The van der Waals surface area contributed by atoms with Crippen LogP contribution in [0.1, 0.15) is 11.8 Å². The molecule has 0 bridgehead atoms. The minimum atomic E-state index is -0.620. The summed E-state index contributed by atoms with van der Waals surface area (Å²) >= 11 is 2.96. The predicted molar refractivity (Wildman–Crippen MR) is 107 cm³/mol. The Kier molecular flexibility index (Phi) is 8.08. The molecular weight excluding hydrogens is 386 g/mol. The molecule has 2 heterocycles. The third-order valence-corrected chi connectivity index (χ3v) is 6.28. The maximum Gasteiger partial charge on any atom is 0.355 e. The van der Waals surface area contributed by atoms with E-state index in [0.717, 1.165) is 4.88 Å². The van der Waals surface area contributed by atoms with Crippen LogP contribution in [0, 0.1) is 0 Å². The Morgan fingerprint density at radius 1 is 1.56 bits per heavy atom. The fourth-order valence-electron chi connectivity index (χ4n) is 2.70. The molecule has 0 saturated carbocycles. The Morgan fingerprint density at radius 2 is 2.33 bits per heavy atom. The SMILES string of the molecule is C=CCOC(=O)C1=C(CN)CSC(C(C)NC(=O)Cc2cccs2)N1C=O. The van der Waals surface area contributed by atoms with Crippen LogP contribution in [0.2, 0.25) is 0 Å². The molecule has 146 valence electrons. The number of nitrogens with two attached hydrogens (primary N) is 1. The normalized spacial score (nSPS) is 18.0. The quantitative estimate of drug-likeness (QED) is 0.362. The van der Waals surface area contributed by atoms with E-state index < -0.39 is 11.3 Å². The van der Waals surface area contributed by atoms with Gasteiger partial charge in [-0.3, -0.25) is 14.5 Å². The van der Waals surface area contributed by atoms with Gasteiger partial charge in [0, 0.05) is 17.2 Å². The minimum Gasteiger partial charge on any atom is -0.457 e. The van der Waals surface area contributed by atoms with Gasteiger partial charge < -0.3 is 15.8 Å². The van der Waals surface area contributed by atoms with Gasteiger partial charge in [-0.2, -0.15) is 0 Å². The van der Waals surface area contributed by atoms with Gasteiger partial charge in [0.25, 0.3) is 0 Å². The highest BCUT2D eigenvalue weighted by Crippen LogP contribution is 2.32. The zero-order valence-corrected chi connectivity index (χ0v) is 16.7. The van der Waals surface area contributed by atoms with Crippen molar-refractivity contribution >= 4 is 41.4 Å². The molecule has 2 atom stereocenters. The van der Waals surface area contributed by atoms with Crippen molar-refractivity contribution in [2.75, 3.05) is 18.9 Å². The Bertz CT molecular complexity index is 718. The number of nitrogens with zero attached hydrogens (tertiary/aromatic N) is 1. The second-order valence-corrected chi connectivity index (χ2v) is 8.01. The summed E-state index contributed by atoms with van der Waals surface area (Å²) in [6.07, 6.45) is 2.31. The summed E-state index contributed by atoms with van der Waals surface area (Å²) in [4.78, 5) is 38.7. The second-order valence-electron chi connectivity index (χ2n) is 5.87. The van der Waals surface area contributed by atoms with Crippen molar-refractivity contribution < 1.29 is 19.1 Å². The Balaban J connectivity index is 2.12. The minimum absolute atomic E-state index is 0.0395. The molecule has 0 radical (unpaired) electrons. The first-order valence-electron chi connectivity index (χ1n) is 8.38. The van der Waals surface area contributed by atoms with E-state index in [4.69, 9.17) is 10.5 Å². The summed E-state index contributed by atoms with van der Waals surface area (Å²) in [5.74, 6) is -0.277. The third-order valence-electron chi connectivity index (χ3n) is 3.91. The van der Waals surface area contributed by atoms with E-state index in [1.165, 1.54) is 34.1 Å². The Labute approximate surface area is 166 Å². The van der Waals surface area contributed by atoms with Crippen molar-refractivity contribution in [1.29, 1.82) is 0 Å². The van der Waals surface area contributed by atoms with Crippen LogP contribution in [0.25, 0.3) is 0 Å². The Morgan fingerprint density at radius 3 is 2.93 bits per heavy atom. The van der Waals surface area contributed by atoms with Crippen LogP contribution in [0.3, 0.4) is 0 Å². The van der Waals surface area contributed by atoms with Crippen molar-refractivity contribution in [3.8, 4) is 0 Å². The molecular formula is C18H23N3O4S2. The van der Waals surface area contributed by atoms with E-state index in [9.17, 15) is 14.4 Å². The van der Waals surface area contributed by atoms with Crippen LogP contribution in [0.15, 0.2) is 41.4 Å². The summed E-state index contributed by atoms with van der Waals surface area (Å²) in [7, 11) is 0. The maximum atomic E-state index is 12.4. The molecule has 3 N–H and O–H groups in total. The molecule has 7 nitrogen and oxygen atoms in total. The number of ether oxygens (including phenoxy) is 1. The van der Waals surface area contributed by atoms with Gasteiger partial charge in [-0.05, 0) is 23.9 Å². The van der Waals surface area contributed by atoms with Crippen LogP contribution in [0.4, 0.5) is 0 Å². The van der Waals surface area contributed by atoms with Crippen molar-refractivity contribution in [2.45, 2.75) is 24.8 Å². The number of esters is 1. The number of carbonyl (C=O) groups excluding carboxylic acids is 3. The number of rotatable bonds is 9. The number of hydrogen-bond donors (Lipinski definition) is 2. The largest absolute Gasteiger partial charge is 0.457 e. The van der Waals surface area contributed by atoms with Gasteiger partial charge in [-0.1, -0.05) is 18.7 Å². The van der Waals surface area contributed by atoms with Gasteiger partial charge in [-0.15, -0.1) is 23.1 Å². The third kappa shape index (κ3) is 5.44. The zero-order chi connectivity index (χ0) is 19.8. The molecule has 2 unspecified atom stereocenters. The fourth-order valence-corrected chi connectivity index (χ4v) is 4.70. The molecule has 27 heavy (non-hydrogen) atoms. The first-order valence-corrected chi connectivity index (χ1v) is 10.3. The van der Waals surface area contributed by atoms with Gasteiger partial charge in [0.15, 0.2) is 0 Å². The average Bonchev–Trinajstić information content (AvgIpc) is 3.17. The molecule has 0 aliphatic carbocycles. The summed E-state index contributed by atoms with van der Waals surface area (Å²) in [6, 6.07) is 3.42. The van der Waals surface area contributed by atoms with E-state index in [0.29, 0.717) is 17.7 Å². The van der Waals surface area contributed by atoms with Crippen molar-refractivity contribution in [1.82, 2.24) is 10.2 Å². The van der Waals surface area contributed by atoms with Crippen LogP contribution < -0.4 is 11.1 Å². The molecule has 1 aromatic heterocycles. The predicted octanol–water partition coefficient (Wildman–Crippen LogP) is 1.27. The number of carbonyl (C=O) groups is 3. The summed E-state index contributed by atoms with van der Waals surface area (Å²) in [5.41, 5.74) is 6.53. The Hall–Kier alpha value is -2.10. The maximum absolute atomic E-state index is 12.4. The summed E-state index contributed by atoms with van der Waals surface area (Å²) in [5, 5.41) is 4.39. The fraction of sp³-hybridized carbons (Fsp3) is 0.389. The lowest BCUT2D eigenvalue weighted by Gasteiger charge is -2.38. The van der Waals surface area contributed by atoms with E-state index in [2.05, 4.69) is 11.9 Å². The van der Waals surface area contributed by atoms with Crippen LogP contribution in [0.5, 0.6) is 0 Å². The molecule has 1 aromatic rings. The van der Waals surface area contributed by atoms with Gasteiger partial charge in [0.2, 0.25) is 12.3 Å². The highest BCUT2D eigenvalue weighted by Gasteiger charge is 2.36. The second kappa shape index (κ2) is 10.3. The van der Waals surface area contributed by atoms with Crippen LogP contribution in [-0.2, 0) is 25.5 Å². The van der Waals surface area contributed by atoms with Crippen molar-refractivity contribution in [2.24, 2.45) is 5.73 Å². The highest BCUT2D eigenvalue weighted by molar-refractivity contribution is 8.00. The van der Waals surface area contributed by atoms with Crippen molar-refractivity contribution in [3.05, 3.63) is 46.3 Å². The first kappa shape index (κ1) is 21.2. The zero-order valence-electron chi connectivity index (χ0n) is 15.1. The van der Waals surface area contributed by atoms with E-state index in [1.807, 2.05) is 17.5 Å². The molecule has 2 amide bonds. The molecule has 1 aliphatic heterocycles. The van der Waals surface area contributed by atoms with Crippen LogP contribution in [-0.4, -0.2) is 53.5 Å². The van der Waals surface area contributed by atoms with Gasteiger partial charge >= 0.3 is 5.97 Å². The van der Waals surface area contributed by atoms with E-state index >= 15 is 0 Å². The standard InChI is InChI=1S/C18H23N3O4S2/c1-3-6-25-18(24)16-13(9-19)10-27-17(21(16)11-22)12(2)20-15(23)8-14-5-4-7-26-14/h3-5,7,11-12,17H,1,6,8-10,19H2,2H3,(H,20,23). The smallest absolute Gasteiger partial charge is 0.355 e. The lowest BCUT2D eigenvalue weighted by atomic mass is 10.1. The molecule has 0 spiro atoms. The topological polar surface area (TPSA) is 102 Å². The van der Waals surface area contributed by atoms with Gasteiger partial charge in [0.05, 0.1) is 12.5 Å². The lowest BCUT2D eigenvalue weighted by molar-refractivity contribution is -0.141.